The lowest BCUT2D eigenvalue weighted by atomic mass is 10.2. The van der Waals surface area contributed by atoms with Gasteiger partial charge in [-0.3, -0.25) is 9.52 Å². The molecule has 3 N–H and O–H groups in total. The lowest BCUT2D eigenvalue weighted by Crippen LogP contribution is -2.20. The number of ether oxygens (including phenoxy) is 1. The first-order chi connectivity index (χ1) is 10.9. The van der Waals surface area contributed by atoms with Crippen LogP contribution in [0.1, 0.15) is 12.5 Å². The maximum atomic E-state index is 12.3. The quantitative estimate of drug-likeness (QED) is 0.808. The molecule has 122 valence electrons. The van der Waals surface area contributed by atoms with Gasteiger partial charge in [0.15, 0.2) is 6.61 Å². The van der Waals surface area contributed by atoms with Gasteiger partial charge in [0.2, 0.25) is 0 Å². The second-order valence-electron chi connectivity index (χ2n) is 4.88. The number of carbonyl (C=O) groups is 1. The number of nitrogens with one attached hydrogen (secondary N) is 1. The van der Waals surface area contributed by atoms with Gasteiger partial charge in [-0.25, -0.2) is 8.42 Å². The maximum absolute atomic E-state index is 12.3. The molecule has 0 spiro atoms. The third-order valence-corrected chi connectivity index (χ3v) is 4.53. The van der Waals surface area contributed by atoms with E-state index in [1.807, 2.05) is 6.92 Å². The van der Waals surface area contributed by atoms with Gasteiger partial charge in [0.25, 0.3) is 15.9 Å². The molecule has 2 aromatic carbocycles. The van der Waals surface area contributed by atoms with E-state index >= 15 is 0 Å². The summed E-state index contributed by atoms with van der Waals surface area (Å²) in [7, 11) is -3.64. The monoisotopic (exact) mass is 334 g/mol. The Morgan fingerprint density at radius 2 is 1.70 bits per heavy atom. The first kappa shape index (κ1) is 16.8. The molecule has 6 nitrogen and oxygen atoms in total. The summed E-state index contributed by atoms with van der Waals surface area (Å²) in [5.74, 6) is -0.149. The number of amides is 1. The Morgan fingerprint density at radius 1 is 1.09 bits per heavy atom. The van der Waals surface area contributed by atoms with Gasteiger partial charge in [-0.1, -0.05) is 19.1 Å². The number of rotatable bonds is 7. The van der Waals surface area contributed by atoms with Crippen LogP contribution in [0.3, 0.4) is 0 Å². The summed E-state index contributed by atoms with van der Waals surface area (Å²) >= 11 is 0. The molecule has 23 heavy (non-hydrogen) atoms. The highest BCUT2D eigenvalue weighted by molar-refractivity contribution is 7.92. The van der Waals surface area contributed by atoms with E-state index < -0.39 is 15.9 Å². The Balaban J connectivity index is 2.08. The summed E-state index contributed by atoms with van der Waals surface area (Å²) in [6.45, 7) is 1.78. The Kier molecular flexibility index (Phi) is 5.23. The van der Waals surface area contributed by atoms with Crippen LogP contribution in [0.2, 0.25) is 0 Å². The largest absolute Gasteiger partial charge is 0.484 e. The molecule has 2 rings (SSSR count). The molecule has 7 heteroatoms. The van der Waals surface area contributed by atoms with Gasteiger partial charge in [-0.05, 0) is 48.4 Å². The molecule has 2 aromatic rings. The van der Waals surface area contributed by atoms with E-state index in [2.05, 4.69) is 4.72 Å². The molecule has 0 unspecified atom stereocenters. The Labute approximate surface area is 135 Å². The highest BCUT2D eigenvalue weighted by Gasteiger charge is 2.13. The Bertz CT molecular complexity index is 769. The zero-order valence-corrected chi connectivity index (χ0v) is 13.5. The van der Waals surface area contributed by atoms with Crippen molar-refractivity contribution in [2.45, 2.75) is 18.2 Å². The fraction of sp³-hybridized carbons (Fsp3) is 0.188. The molecule has 0 aliphatic heterocycles. The van der Waals surface area contributed by atoms with Crippen LogP contribution in [0.25, 0.3) is 0 Å². The summed E-state index contributed by atoms with van der Waals surface area (Å²) in [5, 5.41) is 0. The van der Waals surface area contributed by atoms with Crippen molar-refractivity contribution in [3.8, 4) is 5.75 Å². The number of aryl methyl sites for hydroxylation is 1. The van der Waals surface area contributed by atoms with Crippen LogP contribution in [-0.4, -0.2) is 20.9 Å². The number of sulfonamides is 1. The van der Waals surface area contributed by atoms with Crippen LogP contribution >= 0.6 is 0 Å². The SMILES string of the molecule is CCc1ccc(S(=O)(=O)Nc2ccc(OCC(N)=O)cc2)cc1. The summed E-state index contributed by atoms with van der Waals surface area (Å²) in [4.78, 5) is 10.8. The number of carbonyl (C=O) groups excluding carboxylic acids is 1. The predicted octanol–water partition coefficient (Wildman–Crippen LogP) is 1.91. The number of primary amides is 1. The van der Waals surface area contributed by atoms with Crippen molar-refractivity contribution < 1.29 is 17.9 Å². The molecule has 0 heterocycles. The van der Waals surface area contributed by atoms with Gasteiger partial charge in [0.1, 0.15) is 5.75 Å². The summed E-state index contributed by atoms with van der Waals surface area (Å²) < 4.78 is 32.2. The molecule has 0 saturated carbocycles. The second kappa shape index (κ2) is 7.15. The summed E-state index contributed by atoms with van der Waals surface area (Å²) in [6, 6.07) is 12.9. The van der Waals surface area contributed by atoms with Gasteiger partial charge in [-0.2, -0.15) is 0 Å². The molecule has 0 aromatic heterocycles. The molecule has 0 fully saturated rings. The van der Waals surface area contributed by atoms with Gasteiger partial charge >= 0.3 is 0 Å². The van der Waals surface area contributed by atoms with Gasteiger partial charge < -0.3 is 10.5 Å². The number of hydrogen-bond acceptors (Lipinski definition) is 4. The molecule has 0 atom stereocenters. The lowest BCUT2D eigenvalue weighted by molar-refractivity contribution is -0.119. The highest BCUT2D eigenvalue weighted by Crippen LogP contribution is 2.20. The topological polar surface area (TPSA) is 98.5 Å². The third-order valence-electron chi connectivity index (χ3n) is 3.13. The highest BCUT2D eigenvalue weighted by atomic mass is 32.2. The number of anilines is 1. The van der Waals surface area contributed by atoms with Crippen LogP contribution in [-0.2, 0) is 21.2 Å². The van der Waals surface area contributed by atoms with Crippen molar-refractivity contribution >= 4 is 21.6 Å². The Hall–Kier alpha value is -2.54. The Morgan fingerprint density at radius 3 is 2.22 bits per heavy atom. The lowest BCUT2D eigenvalue weighted by Gasteiger charge is -2.09. The molecule has 1 amide bonds. The summed E-state index contributed by atoms with van der Waals surface area (Å²) in [6.07, 6.45) is 0.848. The van der Waals surface area contributed by atoms with Gasteiger partial charge in [0.05, 0.1) is 4.90 Å². The molecular weight excluding hydrogens is 316 g/mol. The van der Waals surface area contributed by atoms with E-state index in [4.69, 9.17) is 10.5 Å². The van der Waals surface area contributed by atoms with Crippen molar-refractivity contribution in [2.75, 3.05) is 11.3 Å². The number of benzene rings is 2. The molecule has 0 radical (unpaired) electrons. The number of hydrogen-bond donors (Lipinski definition) is 2. The van der Waals surface area contributed by atoms with E-state index in [0.717, 1.165) is 12.0 Å². The minimum absolute atomic E-state index is 0.198. The maximum Gasteiger partial charge on any atom is 0.261 e. The van der Waals surface area contributed by atoms with E-state index in [9.17, 15) is 13.2 Å². The van der Waals surface area contributed by atoms with E-state index in [0.29, 0.717) is 11.4 Å². The molecular formula is C16H18N2O4S. The van der Waals surface area contributed by atoms with E-state index in [1.165, 1.54) is 0 Å². The van der Waals surface area contributed by atoms with Crippen molar-refractivity contribution in [1.29, 1.82) is 0 Å². The average molecular weight is 334 g/mol. The zero-order chi connectivity index (χ0) is 16.9. The number of nitrogens with two attached hydrogens (primary N) is 1. The third kappa shape index (κ3) is 4.72. The van der Waals surface area contributed by atoms with Gasteiger partial charge in [0, 0.05) is 5.69 Å². The molecule has 0 aliphatic rings. The van der Waals surface area contributed by atoms with Gasteiger partial charge in [-0.15, -0.1) is 0 Å². The summed E-state index contributed by atoms with van der Waals surface area (Å²) in [5.41, 5.74) is 6.45. The van der Waals surface area contributed by atoms with Crippen LogP contribution in [0.4, 0.5) is 5.69 Å². The van der Waals surface area contributed by atoms with Crippen LogP contribution in [0.5, 0.6) is 5.75 Å². The molecule has 0 saturated heterocycles. The second-order valence-corrected chi connectivity index (χ2v) is 6.56. The normalized spacial score (nSPS) is 11.0. The van der Waals surface area contributed by atoms with Crippen molar-refractivity contribution in [1.82, 2.24) is 0 Å². The van der Waals surface area contributed by atoms with E-state index in [1.54, 1.807) is 48.5 Å². The predicted molar refractivity (Wildman–Crippen MR) is 87.8 cm³/mol. The average Bonchev–Trinajstić information content (AvgIpc) is 2.54. The fourth-order valence-corrected chi connectivity index (χ4v) is 2.95. The first-order valence-electron chi connectivity index (χ1n) is 7.03. The molecule has 0 aliphatic carbocycles. The van der Waals surface area contributed by atoms with Crippen LogP contribution < -0.4 is 15.2 Å². The van der Waals surface area contributed by atoms with Crippen molar-refractivity contribution in [2.24, 2.45) is 5.73 Å². The smallest absolute Gasteiger partial charge is 0.261 e. The van der Waals surface area contributed by atoms with Crippen molar-refractivity contribution in [3.63, 3.8) is 0 Å². The fourth-order valence-electron chi connectivity index (χ4n) is 1.89. The van der Waals surface area contributed by atoms with E-state index in [-0.39, 0.29) is 11.5 Å². The zero-order valence-electron chi connectivity index (χ0n) is 12.7. The first-order valence-corrected chi connectivity index (χ1v) is 8.52. The van der Waals surface area contributed by atoms with Crippen LogP contribution in [0, 0.1) is 0 Å². The standard InChI is InChI=1S/C16H18N2O4S/c1-2-12-3-9-15(10-4-12)23(20,21)18-13-5-7-14(8-6-13)22-11-16(17)19/h3-10,18H,2,11H2,1H3,(H2,17,19). The van der Waals surface area contributed by atoms with Crippen molar-refractivity contribution in [3.05, 3.63) is 54.1 Å². The van der Waals surface area contributed by atoms with Crippen LogP contribution in [0.15, 0.2) is 53.4 Å². The minimum Gasteiger partial charge on any atom is -0.484 e. The minimum atomic E-state index is -3.64. The molecule has 0 bridgehead atoms.